The number of nitrogens with zero attached hydrogens (tertiary/aromatic N) is 2. The van der Waals surface area contributed by atoms with Gasteiger partial charge in [0.1, 0.15) is 0 Å². The van der Waals surface area contributed by atoms with Gasteiger partial charge in [-0.3, -0.25) is 9.59 Å². The van der Waals surface area contributed by atoms with Crippen molar-refractivity contribution in [1.29, 1.82) is 5.26 Å². The highest BCUT2D eigenvalue weighted by atomic mass is 16.2. The summed E-state index contributed by atoms with van der Waals surface area (Å²) >= 11 is 0. The predicted molar refractivity (Wildman–Crippen MR) is 96.3 cm³/mol. The van der Waals surface area contributed by atoms with Gasteiger partial charge in [0.2, 0.25) is 11.8 Å². The Kier molecular flexibility index (Phi) is 4.66. The molecule has 1 atom stereocenters. The van der Waals surface area contributed by atoms with Crippen LogP contribution in [-0.4, -0.2) is 24.4 Å². The molecule has 1 heterocycles. The lowest BCUT2D eigenvalue weighted by atomic mass is 10.1. The number of benzene rings is 2. The zero-order valence-corrected chi connectivity index (χ0v) is 13.8. The van der Waals surface area contributed by atoms with E-state index in [0.717, 1.165) is 0 Å². The Labute approximate surface area is 146 Å². The van der Waals surface area contributed by atoms with Gasteiger partial charge in [-0.1, -0.05) is 18.2 Å². The van der Waals surface area contributed by atoms with Gasteiger partial charge in [0.15, 0.2) is 0 Å². The largest absolute Gasteiger partial charge is 0.376 e. The molecule has 0 radical (unpaired) electrons. The normalized spacial score (nSPS) is 16.2. The number of carbonyl (C=O) groups is 2. The molecule has 2 amide bonds. The van der Waals surface area contributed by atoms with Gasteiger partial charge < -0.3 is 15.5 Å². The van der Waals surface area contributed by atoms with Crippen molar-refractivity contribution in [2.45, 2.75) is 19.4 Å². The van der Waals surface area contributed by atoms with E-state index in [0.29, 0.717) is 22.6 Å². The van der Waals surface area contributed by atoms with Gasteiger partial charge in [-0.2, -0.15) is 5.26 Å². The number of rotatable bonds is 3. The van der Waals surface area contributed by atoms with Crippen LogP contribution in [0.15, 0.2) is 48.5 Å². The van der Waals surface area contributed by atoms with E-state index >= 15 is 0 Å². The third kappa shape index (κ3) is 3.61. The summed E-state index contributed by atoms with van der Waals surface area (Å²) in [6.07, 6.45) is 0.240. The fourth-order valence-corrected chi connectivity index (χ4v) is 2.93. The minimum Gasteiger partial charge on any atom is -0.376 e. The Balaban J connectivity index is 1.80. The summed E-state index contributed by atoms with van der Waals surface area (Å²) in [6.45, 7) is 1.93. The van der Waals surface area contributed by atoms with Crippen LogP contribution in [0.5, 0.6) is 0 Å². The van der Waals surface area contributed by atoms with Gasteiger partial charge in [-0.05, 0) is 37.3 Å². The zero-order valence-electron chi connectivity index (χ0n) is 13.8. The van der Waals surface area contributed by atoms with Gasteiger partial charge in [-0.25, -0.2) is 0 Å². The third-order valence-corrected chi connectivity index (χ3v) is 4.06. The van der Waals surface area contributed by atoms with Crippen LogP contribution in [0.1, 0.15) is 18.9 Å². The molecule has 2 aromatic rings. The number of anilines is 3. The fraction of sp³-hybridized carbons (Fsp3) is 0.211. The molecule has 2 N–H and O–H groups in total. The maximum absolute atomic E-state index is 12.8. The summed E-state index contributed by atoms with van der Waals surface area (Å²) in [5, 5.41) is 14.8. The van der Waals surface area contributed by atoms with E-state index in [4.69, 9.17) is 5.26 Å². The molecule has 0 spiro atoms. The highest BCUT2D eigenvalue weighted by Crippen LogP contribution is 2.31. The molecule has 0 fully saturated rings. The second-order valence-corrected chi connectivity index (χ2v) is 5.93. The van der Waals surface area contributed by atoms with Gasteiger partial charge >= 0.3 is 0 Å². The predicted octanol–water partition coefficient (Wildman–Crippen LogP) is 2.73. The second-order valence-electron chi connectivity index (χ2n) is 5.93. The Morgan fingerprint density at radius 2 is 2.12 bits per heavy atom. The van der Waals surface area contributed by atoms with Crippen molar-refractivity contribution in [3.63, 3.8) is 0 Å². The maximum atomic E-state index is 12.8. The lowest BCUT2D eigenvalue weighted by Gasteiger charge is -2.28. The minimum absolute atomic E-state index is 0.0712. The Hall–Kier alpha value is -3.33. The van der Waals surface area contributed by atoms with Crippen molar-refractivity contribution in [3.05, 3.63) is 54.1 Å². The van der Waals surface area contributed by atoms with Crippen molar-refractivity contribution < 1.29 is 9.59 Å². The molecule has 0 saturated carbocycles. The molecule has 25 heavy (non-hydrogen) atoms. The molecule has 0 unspecified atom stereocenters. The number of amides is 2. The summed E-state index contributed by atoms with van der Waals surface area (Å²) in [5.41, 5.74) is 2.56. The Morgan fingerprint density at radius 3 is 2.92 bits per heavy atom. The number of nitrogens with one attached hydrogen (secondary N) is 2. The van der Waals surface area contributed by atoms with Crippen molar-refractivity contribution in [2.24, 2.45) is 0 Å². The van der Waals surface area contributed by atoms with E-state index in [9.17, 15) is 9.59 Å². The van der Waals surface area contributed by atoms with Crippen molar-refractivity contribution in [3.8, 4) is 6.07 Å². The smallest absolute Gasteiger partial charge is 0.246 e. The number of carbonyl (C=O) groups excluding carboxylic acids is 2. The molecule has 2 aromatic carbocycles. The highest BCUT2D eigenvalue weighted by Gasteiger charge is 2.29. The molecule has 0 aromatic heterocycles. The molecule has 0 bridgehead atoms. The molecular weight excluding hydrogens is 316 g/mol. The first-order chi connectivity index (χ1) is 12.1. The number of hydrogen-bond acceptors (Lipinski definition) is 4. The summed E-state index contributed by atoms with van der Waals surface area (Å²) < 4.78 is 0. The standard InChI is InChI=1S/C19H18N4O2/c1-13-9-18(24)22-16-7-2-3-8-17(16)23(13)19(25)12-21-15-6-4-5-14(10-15)11-20/h2-8,10,13,21H,9,12H2,1H3,(H,22,24)/t13-/m1/s1. The molecule has 126 valence electrons. The van der Waals surface area contributed by atoms with Gasteiger partial charge in [-0.15, -0.1) is 0 Å². The van der Waals surface area contributed by atoms with Crippen molar-refractivity contribution in [1.82, 2.24) is 0 Å². The zero-order chi connectivity index (χ0) is 17.8. The summed E-state index contributed by atoms with van der Waals surface area (Å²) in [4.78, 5) is 26.4. The first-order valence-electron chi connectivity index (χ1n) is 8.03. The number of nitriles is 1. The van der Waals surface area contributed by atoms with Crippen LogP contribution in [0, 0.1) is 11.3 Å². The molecule has 0 saturated heterocycles. The molecule has 1 aliphatic rings. The van der Waals surface area contributed by atoms with Crippen molar-refractivity contribution in [2.75, 3.05) is 22.1 Å². The van der Waals surface area contributed by atoms with E-state index in [1.54, 1.807) is 35.2 Å². The average molecular weight is 334 g/mol. The molecule has 6 heteroatoms. The Bertz CT molecular complexity index is 856. The molecule has 3 rings (SSSR count). The topological polar surface area (TPSA) is 85.2 Å². The van der Waals surface area contributed by atoms with Crippen LogP contribution in [-0.2, 0) is 9.59 Å². The van der Waals surface area contributed by atoms with Gasteiger partial charge in [0.05, 0.1) is 29.6 Å². The second kappa shape index (κ2) is 7.05. The molecule has 1 aliphatic heterocycles. The van der Waals surface area contributed by atoms with Crippen LogP contribution < -0.4 is 15.5 Å². The summed E-state index contributed by atoms with van der Waals surface area (Å²) in [6, 6.07) is 16.1. The quantitative estimate of drug-likeness (QED) is 0.904. The third-order valence-electron chi connectivity index (χ3n) is 4.06. The van der Waals surface area contributed by atoms with Crippen LogP contribution in [0.3, 0.4) is 0 Å². The highest BCUT2D eigenvalue weighted by molar-refractivity contribution is 6.05. The van der Waals surface area contributed by atoms with Crippen LogP contribution in [0.2, 0.25) is 0 Å². The van der Waals surface area contributed by atoms with Crippen molar-refractivity contribution >= 4 is 28.9 Å². The molecular formula is C19H18N4O2. The average Bonchev–Trinajstić information content (AvgIpc) is 2.74. The lowest BCUT2D eigenvalue weighted by Crippen LogP contribution is -2.42. The van der Waals surface area contributed by atoms with E-state index in [-0.39, 0.29) is 30.8 Å². The fourth-order valence-electron chi connectivity index (χ4n) is 2.93. The first-order valence-corrected chi connectivity index (χ1v) is 8.03. The van der Waals surface area contributed by atoms with E-state index in [1.165, 1.54) is 0 Å². The minimum atomic E-state index is -0.247. The van der Waals surface area contributed by atoms with E-state index in [1.807, 2.05) is 25.1 Å². The Morgan fingerprint density at radius 1 is 1.32 bits per heavy atom. The van der Waals surface area contributed by atoms with E-state index < -0.39 is 0 Å². The van der Waals surface area contributed by atoms with Crippen LogP contribution >= 0.6 is 0 Å². The SMILES string of the molecule is C[C@@H]1CC(=O)Nc2ccccc2N1C(=O)CNc1cccc(C#N)c1. The van der Waals surface area contributed by atoms with Gasteiger partial charge in [0, 0.05) is 18.2 Å². The van der Waals surface area contributed by atoms with E-state index in [2.05, 4.69) is 16.7 Å². The monoisotopic (exact) mass is 334 g/mol. The number of para-hydroxylation sites is 2. The maximum Gasteiger partial charge on any atom is 0.246 e. The first kappa shape index (κ1) is 16.5. The number of fused-ring (bicyclic) bond motifs is 1. The summed E-state index contributed by atoms with van der Waals surface area (Å²) in [7, 11) is 0. The number of hydrogen-bond donors (Lipinski definition) is 2. The summed E-state index contributed by atoms with van der Waals surface area (Å²) in [5.74, 6) is -0.247. The van der Waals surface area contributed by atoms with Gasteiger partial charge in [0.25, 0.3) is 0 Å². The van der Waals surface area contributed by atoms with Crippen LogP contribution in [0.25, 0.3) is 0 Å². The molecule has 0 aliphatic carbocycles. The van der Waals surface area contributed by atoms with Crippen LogP contribution in [0.4, 0.5) is 17.1 Å². The lowest BCUT2D eigenvalue weighted by molar-refractivity contribution is -0.118. The molecule has 6 nitrogen and oxygen atoms in total.